The van der Waals surface area contributed by atoms with Crippen molar-refractivity contribution in [2.24, 2.45) is 5.73 Å². The maximum atomic E-state index is 11.1. The SMILES string of the molecule is CCCCOCCOCCOCCOCC(=O)NCCN. The van der Waals surface area contributed by atoms with Crippen LogP contribution in [0.5, 0.6) is 0 Å². The third kappa shape index (κ3) is 17.2. The zero-order chi connectivity index (χ0) is 15.6. The molecule has 0 aliphatic carbocycles. The zero-order valence-corrected chi connectivity index (χ0v) is 13.1. The molecule has 0 rings (SSSR count). The molecule has 0 heterocycles. The highest BCUT2D eigenvalue weighted by molar-refractivity contribution is 5.77. The Kier molecular flexibility index (Phi) is 16.7. The first kappa shape index (κ1) is 20.3. The summed E-state index contributed by atoms with van der Waals surface area (Å²) in [6.45, 7) is 6.96. The van der Waals surface area contributed by atoms with Crippen LogP contribution >= 0.6 is 0 Å². The average Bonchev–Trinajstić information content (AvgIpc) is 2.49. The van der Waals surface area contributed by atoms with Crippen LogP contribution in [-0.4, -0.2) is 71.9 Å². The average molecular weight is 306 g/mol. The number of hydrogen-bond donors (Lipinski definition) is 2. The summed E-state index contributed by atoms with van der Waals surface area (Å²) in [5, 5.41) is 2.61. The molecule has 0 bridgehead atoms. The maximum Gasteiger partial charge on any atom is 0.246 e. The van der Waals surface area contributed by atoms with Gasteiger partial charge < -0.3 is 30.0 Å². The predicted octanol–water partition coefficient (Wildman–Crippen LogP) is -0.0722. The second kappa shape index (κ2) is 17.3. The fourth-order valence-corrected chi connectivity index (χ4v) is 1.33. The lowest BCUT2D eigenvalue weighted by Crippen LogP contribution is -2.32. The van der Waals surface area contributed by atoms with E-state index in [0.717, 1.165) is 19.4 Å². The smallest absolute Gasteiger partial charge is 0.246 e. The van der Waals surface area contributed by atoms with Gasteiger partial charge in [0, 0.05) is 19.7 Å². The Hall–Kier alpha value is -0.730. The molecule has 0 aromatic carbocycles. The molecule has 21 heavy (non-hydrogen) atoms. The van der Waals surface area contributed by atoms with E-state index in [1.807, 2.05) is 0 Å². The molecule has 0 aromatic rings. The summed E-state index contributed by atoms with van der Waals surface area (Å²) in [4.78, 5) is 11.1. The van der Waals surface area contributed by atoms with Gasteiger partial charge in [-0.15, -0.1) is 0 Å². The topological polar surface area (TPSA) is 92.0 Å². The summed E-state index contributed by atoms with van der Waals surface area (Å²) in [7, 11) is 0. The standard InChI is InChI=1S/C14H30N2O5/c1-2-3-6-18-7-8-19-9-10-20-11-12-21-13-14(17)16-5-4-15/h2-13,15H2,1H3,(H,16,17). The van der Waals surface area contributed by atoms with E-state index in [4.69, 9.17) is 24.7 Å². The number of nitrogens with two attached hydrogens (primary N) is 1. The van der Waals surface area contributed by atoms with Crippen LogP contribution < -0.4 is 11.1 Å². The first-order valence-electron chi connectivity index (χ1n) is 7.59. The van der Waals surface area contributed by atoms with Crippen molar-refractivity contribution in [3.63, 3.8) is 0 Å². The van der Waals surface area contributed by atoms with Gasteiger partial charge in [0.15, 0.2) is 0 Å². The first-order valence-corrected chi connectivity index (χ1v) is 7.59. The van der Waals surface area contributed by atoms with E-state index in [2.05, 4.69) is 12.2 Å². The Morgan fingerprint density at radius 2 is 1.43 bits per heavy atom. The molecule has 7 heteroatoms. The van der Waals surface area contributed by atoms with Crippen LogP contribution in [0.1, 0.15) is 19.8 Å². The molecule has 0 aliphatic rings. The van der Waals surface area contributed by atoms with Gasteiger partial charge in [0.05, 0.1) is 39.6 Å². The molecule has 0 spiro atoms. The van der Waals surface area contributed by atoms with Crippen molar-refractivity contribution in [3.8, 4) is 0 Å². The Morgan fingerprint density at radius 3 is 1.95 bits per heavy atom. The molecule has 3 N–H and O–H groups in total. The molecule has 7 nitrogen and oxygen atoms in total. The van der Waals surface area contributed by atoms with Gasteiger partial charge in [-0.1, -0.05) is 13.3 Å². The van der Waals surface area contributed by atoms with Gasteiger partial charge in [0.1, 0.15) is 6.61 Å². The van der Waals surface area contributed by atoms with E-state index in [-0.39, 0.29) is 12.5 Å². The third-order valence-corrected chi connectivity index (χ3v) is 2.46. The molecule has 0 aromatic heterocycles. The summed E-state index contributed by atoms with van der Waals surface area (Å²) in [6.07, 6.45) is 2.23. The van der Waals surface area contributed by atoms with Crippen LogP contribution in [0.15, 0.2) is 0 Å². The summed E-state index contributed by atoms with van der Waals surface area (Å²) in [6, 6.07) is 0. The fraction of sp³-hybridized carbons (Fsp3) is 0.929. The van der Waals surface area contributed by atoms with Crippen molar-refractivity contribution >= 4 is 5.91 Å². The van der Waals surface area contributed by atoms with E-state index >= 15 is 0 Å². The maximum absolute atomic E-state index is 11.1. The lowest BCUT2D eigenvalue weighted by Gasteiger charge is -2.07. The monoisotopic (exact) mass is 306 g/mol. The minimum Gasteiger partial charge on any atom is -0.379 e. The van der Waals surface area contributed by atoms with Gasteiger partial charge >= 0.3 is 0 Å². The van der Waals surface area contributed by atoms with Gasteiger partial charge in [0.2, 0.25) is 5.91 Å². The number of nitrogens with one attached hydrogen (secondary N) is 1. The van der Waals surface area contributed by atoms with E-state index in [9.17, 15) is 4.79 Å². The lowest BCUT2D eigenvalue weighted by molar-refractivity contribution is -0.126. The number of ether oxygens (including phenoxy) is 4. The van der Waals surface area contributed by atoms with E-state index in [0.29, 0.717) is 52.7 Å². The van der Waals surface area contributed by atoms with Gasteiger partial charge in [-0.05, 0) is 6.42 Å². The number of hydrogen-bond acceptors (Lipinski definition) is 6. The highest BCUT2D eigenvalue weighted by Gasteiger charge is 1.99. The number of carbonyl (C=O) groups is 1. The van der Waals surface area contributed by atoms with Crippen LogP contribution in [0.3, 0.4) is 0 Å². The van der Waals surface area contributed by atoms with E-state index in [1.165, 1.54) is 0 Å². The summed E-state index contributed by atoms with van der Waals surface area (Å²) in [5.41, 5.74) is 5.26. The summed E-state index contributed by atoms with van der Waals surface area (Å²) < 4.78 is 21.1. The molecule has 0 unspecified atom stereocenters. The Balaban J connectivity index is 3.04. The van der Waals surface area contributed by atoms with Crippen LogP contribution in [0.4, 0.5) is 0 Å². The molecule has 0 saturated carbocycles. The van der Waals surface area contributed by atoms with Crippen molar-refractivity contribution < 1.29 is 23.7 Å². The minimum atomic E-state index is -0.160. The highest BCUT2D eigenvalue weighted by Crippen LogP contribution is 1.88. The lowest BCUT2D eigenvalue weighted by atomic mass is 10.4. The van der Waals surface area contributed by atoms with Gasteiger partial charge in [-0.3, -0.25) is 4.79 Å². The van der Waals surface area contributed by atoms with Crippen molar-refractivity contribution in [3.05, 3.63) is 0 Å². The Labute approximate surface area is 127 Å². The molecule has 0 atom stereocenters. The van der Waals surface area contributed by atoms with E-state index in [1.54, 1.807) is 0 Å². The molecule has 0 radical (unpaired) electrons. The number of unbranched alkanes of at least 4 members (excludes halogenated alkanes) is 1. The third-order valence-electron chi connectivity index (χ3n) is 2.46. The van der Waals surface area contributed by atoms with Crippen LogP contribution in [0, 0.1) is 0 Å². The molecular formula is C14H30N2O5. The Bertz CT molecular complexity index is 229. The molecule has 0 fully saturated rings. The fourth-order valence-electron chi connectivity index (χ4n) is 1.33. The molecule has 0 aliphatic heterocycles. The molecule has 1 amide bonds. The zero-order valence-electron chi connectivity index (χ0n) is 13.1. The van der Waals surface area contributed by atoms with Gasteiger partial charge in [0.25, 0.3) is 0 Å². The number of carbonyl (C=O) groups excluding carboxylic acids is 1. The van der Waals surface area contributed by atoms with Gasteiger partial charge in [-0.25, -0.2) is 0 Å². The van der Waals surface area contributed by atoms with Crippen molar-refractivity contribution in [2.45, 2.75) is 19.8 Å². The van der Waals surface area contributed by atoms with Crippen LogP contribution in [-0.2, 0) is 23.7 Å². The van der Waals surface area contributed by atoms with Crippen molar-refractivity contribution in [2.75, 3.05) is 65.9 Å². The summed E-state index contributed by atoms with van der Waals surface area (Å²) in [5.74, 6) is -0.160. The van der Waals surface area contributed by atoms with Gasteiger partial charge in [-0.2, -0.15) is 0 Å². The van der Waals surface area contributed by atoms with Crippen molar-refractivity contribution in [1.82, 2.24) is 5.32 Å². The normalized spacial score (nSPS) is 10.8. The van der Waals surface area contributed by atoms with E-state index < -0.39 is 0 Å². The Morgan fingerprint density at radius 1 is 0.905 bits per heavy atom. The molecule has 126 valence electrons. The highest BCUT2D eigenvalue weighted by atomic mass is 16.6. The van der Waals surface area contributed by atoms with Crippen LogP contribution in [0.25, 0.3) is 0 Å². The molecular weight excluding hydrogens is 276 g/mol. The quantitative estimate of drug-likeness (QED) is 0.388. The second-order valence-electron chi connectivity index (χ2n) is 4.38. The second-order valence-corrected chi connectivity index (χ2v) is 4.38. The minimum absolute atomic E-state index is 0.0367. The predicted molar refractivity (Wildman–Crippen MR) is 80.2 cm³/mol. The number of amides is 1. The van der Waals surface area contributed by atoms with Crippen molar-refractivity contribution in [1.29, 1.82) is 0 Å². The largest absolute Gasteiger partial charge is 0.379 e. The first-order chi connectivity index (χ1) is 10.3. The molecule has 0 saturated heterocycles. The number of rotatable bonds is 16. The summed E-state index contributed by atoms with van der Waals surface area (Å²) >= 11 is 0. The van der Waals surface area contributed by atoms with Crippen LogP contribution in [0.2, 0.25) is 0 Å².